The summed E-state index contributed by atoms with van der Waals surface area (Å²) in [5, 5.41) is 2.88. The summed E-state index contributed by atoms with van der Waals surface area (Å²) in [4.78, 5) is 14.2. The van der Waals surface area contributed by atoms with Crippen LogP contribution in [0.15, 0.2) is 53.4 Å². The van der Waals surface area contributed by atoms with E-state index in [0.29, 0.717) is 19.6 Å². The lowest BCUT2D eigenvalue weighted by molar-refractivity contribution is 0.192. The van der Waals surface area contributed by atoms with Crippen LogP contribution in [0.1, 0.15) is 43.0 Å². The maximum atomic E-state index is 12.9. The van der Waals surface area contributed by atoms with Gasteiger partial charge in [0.2, 0.25) is 10.0 Å². The zero-order valence-corrected chi connectivity index (χ0v) is 17.1. The van der Waals surface area contributed by atoms with E-state index in [1.807, 2.05) is 50.2 Å². The standard InChI is InChI=1S/C21H27N3O3S/c1-3-12-22-21(25)24-13-11-18-9-10-20(14-19(18)15-24)28(26,27)23-16(2)17-7-5-4-6-8-17/h4-10,14,16,23H,3,11-13,15H2,1-2H3,(H,22,25)/t16-/m0/s1. The largest absolute Gasteiger partial charge is 0.338 e. The number of fused-ring (bicyclic) bond motifs is 1. The number of hydrogen-bond acceptors (Lipinski definition) is 3. The van der Waals surface area contributed by atoms with Crippen molar-refractivity contribution in [2.24, 2.45) is 0 Å². The van der Waals surface area contributed by atoms with Crippen LogP contribution in [-0.2, 0) is 23.0 Å². The molecule has 0 aliphatic carbocycles. The molecule has 2 N–H and O–H groups in total. The van der Waals surface area contributed by atoms with Gasteiger partial charge >= 0.3 is 6.03 Å². The van der Waals surface area contributed by atoms with Gasteiger partial charge in [-0.15, -0.1) is 0 Å². The number of carbonyl (C=O) groups excluding carboxylic acids is 1. The van der Waals surface area contributed by atoms with Crippen LogP contribution in [0.5, 0.6) is 0 Å². The lowest BCUT2D eigenvalue weighted by Crippen LogP contribution is -2.43. The average Bonchev–Trinajstić information content (AvgIpc) is 2.71. The summed E-state index contributed by atoms with van der Waals surface area (Å²) in [6, 6.07) is 14.2. The van der Waals surface area contributed by atoms with Gasteiger partial charge in [0.05, 0.1) is 4.90 Å². The monoisotopic (exact) mass is 401 g/mol. The Labute approximate surface area is 167 Å². The van der Waals surface area contributed by atoms with Crippen LogP contribution in [0.2, 0.25) is 0 Å². The predicted molar refractivity (Wildman–Crippen MR) is 109 cm³/mol. The fourth-order valence-corrected chi connectivity index (χ4v) is 4.61. The Balaban J connectivity index is 1.76. The Morgan fingerprint density at radius 1 is 1.14 bits per heavy atom. The van der Waals surface area contributed by atoms with E-state index in [1.165, 1.54) is 0 Å². The van der Waals surface area contributed by atoms with Crippen molar-refractivity contribution >= 4 is 16.1 Å². The highest BCUT2D eigenvalue weighted by molar-refractivity contribution is 7.89. The molecule has 1 aliphatic heterocycles. The molecule has 0 fully saturated rings. The van der Waals surface area contributed by atoms with Gasteiger partial charge in [-0.3, -0.25) is 0 Å². The molecule has 2 amide bonds. The molecular weight excluding hydrogens is 374 g/mol. The normalized spacial score (nSPS) is 15.0. The number of urea groups is 1. The number of carbonyl (C=O) groups is 1. The number of sulfonamides is 1. The molecule has 0 bridgehead atoms. The van der Waals surface area contributed by atoms with Crippen molar-refractivity contribution in [2.75, 3.05) is 13.1 Å². The Morgan fingerprint density at radius 3 is 2.61 bits per heavy atom. The van der Waals surface area contributed by atoms with E-state index >= 15 is 0 Å². The summed E-state index contributed by atoms with van der Waals surface area (Å²) in [5.74, 6) is 0. The summed E-state index contributed by atoms with van der Waals surface area (Å²) in [6.07, 6.45) is 1.60. The summed E-state index contributed by atoms with van der Waals surface area (Å²) in [6.45, 7) is 5.52. The first-order chi connectivity index (χ1) is 13.4. The quantitative estimate of drug-likeness (QED) is 0.780. The van der Waals surface area contributed by atoms with Gasteiger partial charge < -0.3 is 10.2 Å². The topological polar surface area (TPSA) is 78.5 Å². The molecule has 1 heterocycles. The Hall–Kier alpha value is -2.38. The van der Waals surface area contributed by atoms with E-state index in [1.54, 1.807) is 17.0 Å². The van der Waals surface area contributed by atoms with Crippen LogP contribution in [-0.4, -0.2) is 32.4 Å². The molecule has 6 nitrogen and oxygen atoms in total. The molecule has 0 spiro atoms. The third kappa shape index (κ3) is 4.72. The molecule has 0 saturated heterocycles. The lowest BCUT2D eigenvalue weighted by Gasteiger charge is -2.29. The number of nitrogens with one attached hydrogen (secondary N) is 2. The Bertz CT molecular complexity index is 929. The van der Waals surface area contributed by atoms with Crippen LogP contribution >= 0.6 is 0 Å². The number of rotatable bonds is 6. The second-order valence-electron chi connectivity index (χ2n) is 7.09. The van der Waals surface area contributed by atoms with Crippen LogP contribution in [0.25, 0.3) is 0 Å². The van der Waals surface area contributed by atoms with Crippen LogP contribution in [0.4, 0.5) is 4.79 Å². The van der Waals surface area contributed by atoms with E-state index in [0.717, 1.165) is 29.5 Å². The lowest BCUT2D eigenvalue weighted by atomic mass is 10.0. The molecule has 0 aromatic heterocycles. The molecule has 1 aliphatic rings. The second kappa shape index (κ2) is 8.75. The average molecular weight is 402 g/mol. The SMILES string of the molecule is CCCNC(=O)N1CCc2ccc(S(=O)(=O)N[C@@H](C)c3ccccc3)cc2C1. The molecule has 2 aromatic carbocycles. The van der Waals surface area contributed by atoms with Crippen molar-refractivity contribution in [1.29, 1.82) is 0 Å². The Morgan fingerprint density at radius 2 is 1.89 bits per heavy atom. The summed E-state index contributed by atoms with van der Waals surface area (Å²) in [7, 11) is -3.66. The zero-order chi connectivity index (χ0) is 20.1. The first kappa shape index (κ1) is 20.4. The summed E-state index contributed by atoms with van der Waals surface area (Å²) >= 11 is 0. The van der Waals surface area contributed by atoms with E-state index in [-0.39, 0.29) is 17.0 Å². The fourth-order valence-electron chi connectivity index (χ4n) is 3.33. The third-order valence-electron chi connectivity index (χ3n) is 4.95. The minimum atomic E-state index is -3.66. The maximum Gasteiger partial charge on any atom is 0.317 e. The molecule has 7 heteroatoms. The highest BCUT2D eigenvalue weighted by atomic mass is 32.2. The number of amides is 2. The smallest absolute Gasteiger partial charge is 0.317 e. The summed E-state index contributed by atoms with van der Waals surface area (Å²) in [5.41, 5.74) is 2.88. The van der Waals surface area contributed by atoms with Crippen molar-refractivity contribution in [1.82, 2.24) is 14.9 Å². The minimum absolute atomic E-state index is 0.100. The number of benzene rings is 2. The van der Waals surface area contributed by atoms with Crippen LogP contribution < -0.4 is 10.0 Å². The first-order valence-electron chi connectivity index (χ1n) is 9.62. The van der Waals surface area contributed by atoms with E-state index in [9.17, 15) is 13.2 Å². The van der Waals surface area contributed by atoms with Gasteiger partial charge in [0.15, 0.2) is 0 Å². The van der Waals surface area contributed by atoms with Crippen molar-refractivity contribution in [3.63, 3.8) is 0 Å². The van der Waals surface area contributed by atoms with E-state index in [2.05, 4.69) is 10.0 Å². The minimum Gasteiger partial charge on any atom is -0.338 e. The number of hydrogen-bond donors (Lipinski definition) is 2. The fraction of sp³-hybridized carbons (Fsp3) is 0.381. The second-order valence-corrected chi connectivity index (χ2v) is 8.80. The molecule has 0 saturated carbocycles. The molecule has 1 atom stereocenters. The van der Waals surface area contributed by atoms with Crippen molar-refractivity contribution in [3.8, 4) is 0 Å². The molecule has 0 unspecified atom stereocenters. The van der Waals surface area contributed by atoms with Gasteiger partial charge in [-0.25, -0.2) is 17.9 Å². The third-order valence-corrected chi connectivity index (χ3v) is 6.48. The molecule has 150 valence electrons. The van der Waals surface area contributed by atoms with Crippen molar-refractivity contribution in [2.45, 2.75) is 44.2 Å². The van der Waals surface area contributed by atoms with Crippen molar-refractivity contribution < 1.29 is 13.2 Å². The number of nitrogens with zero attached hydrogens (tertiary/aromatic N) is 1. The molecule has 3 rings (SSSR count). The van der Waals surface area contributed by atoms with Gasteiger partial charge in [0.25, 0.3) is 0 Å². The van der Waals surface area contributed by atoms with Gasteiger partial charge in [-0.1, -0.05) is 43.3 Å². The van der Waals surface area contributed by atoms with Gasteiger partial charge in [0.1, 0.15) is 0 Å². The first-order valence-corrected chi connectivity index (χ1v) is 11.1. The molecular formula is C21H27N3O3S. The summed E-state index contributed by atoms with van der Waals surface area (Å²) < 4.78 is 28.4. The maximum absolute atomic E-state index is 12.9. The zero-order valence-electron chi connectivity index (χ0n) is 16.3. The van der Waals surface area contributed by atoms with E-state index in [4.69, 9.17) is 0 Å². The molecule has 2 aromatic rings. The van der Waals surface area contributed by atoms with E-state index < -0.39 is 10.0 Å². The molecule has 0 radical (unpaired) electrons. The van der Waals surface area contributed by atoms with Gasteiger partial charge in [-0.2, -0.15) is 0 Å². The van der Waals surface area contributed by atoms with Crippen molar-refractivity contribution in [3.05, 3.63) is 65.2 Å². The van der Waals surface area contributed by atoms with Gasteiger partial charge in [0, 0.05) is 25.7 Å². The van der Waals surface area contributed by atoms with Gasteiger partial charge in [-0.05, 0) is 48.6 Å². The van der Waals surface area contributed by atoms with Crippen LogP contribution in [0, 0.1) is 0 Å². The highest BCUT2D eigenvalue weighted by Crippen LogP contribution is 2.24. The Kier molecular flexibility index (Phi) is 6.36. The van der Waals surface area contributed by atoms with Crippen LogP contribution in [0.3, 0.4) is 0 Å². The molecule has 28 heavy (non-hydrogen) atoms. The predicted octanol–water partition coefficient (Wildman–Crippen LogP) is 3.20. The highest BCUT2D eigenvalue weighted by Gasteiger charge is 2.24.